The number of hydrogen-bond donors (Lipinski definition) is 2. The molecule has 0 bridgehead atoms. The topological polar surface area (TPSA) is 70.2 Å². The molecule has 0 aliphatic carbocycles. The molecule has 124 valence electrons. The summed E-state index contributed by atoms with van der Waals surface area (Å²) in [5.41, 5.74) is 2.53. The summed E-state index contributed by atoms with van der Waals surface area (Å²) in [5.74, 6) is 0.592. The van der Waals surface area contributed by atoms with Gasteiger partial charge in [-0.05, 0) is 31.3 Å². The van der Waals surface area contributed by atoms with Crippen molar-refractivity contribution in [3.63, 3.8) is 0 Å². The van der Waals surface area contributed by atoms with Crippen LogP contribution >= 0.6 is 11.3 Å². The standard InChI is InChI=1S/C17H18N4O2S/c1-21-6-5-13-15(9-21)24-17(19-13)20-16(22)14-8-10-7-11(23-2)3-4-12(10)18-14/h3-4,7-8,18H,5-6,9H2,1-2H3,(H,19,20,22). The Balaban J connectivity index is 1.56. The molecule has 2 aromatic heterocycles. The monoisotopic (exact) mass is 342 g/mol. The molecule has 0 unspecified atom stereocenters. The van der Waals surface area contributed by atoms with Crippen LogP contribution in [-0.2, 0) is 13.0 Å². The molecule has 0 saturated heterocycles. The van der Waals surface area contributed by atoms with E-state index in [1.165, 1.54) is 4.88 Å². The first kappa shape index (κ1) is 15.2. The van der Waals surface area contributed by atoms with Crippen molar-refractivity contribution >= 4 is 33.3 Å². The van der Waals surface area contributed by atoms with E-state index in [-0.39, 0.29) is 5.91 Å². The van der Waals surface area contributed by atoms with Crippen molar-refractivity contribution in [3.05, 3.63) is 40.5 Å². The lowest BCUT2D eigenvalue weighted by Gasteiger charge is -2.20. The maximum absolute atomic E-state index is 12.5. The van der Waals surface area contributed by atoms with Gasteiger partial charge in [0.15, 0.2) is 5.13 Å². The number of carbonyl (C=O) groups is 1. The molecule has 2 N–H and O–H groups in total. The van der Waals surface area contributed by atoms with Gasteiger partial charge in [-0.2, -0.15) is 0 Å². The van der Waals surface area contributed by atoms with Crippen molar-refractivity contribution in [3.8, 4) is 5.75 Å². The van der Waals surface area contributed by atoms with E-state index in [2.05, 4.69) is 27.2 Å². The maximum atomic E-state index is 12.5. The SMILES string of the molecule is COc1ccc2[nH]c(C(=O)Nc3nc4c(s3)CN(C)CC4)cc2c1. The Hall–Kier alpha value is -2.38. The van der Waals surface area contributed by atoms with Crippen LogP contribution in [0.4, 0.5) is 5.13 Å². The molecule has 0 radical (unpaired) electrons. The fraction of sp³-hybridized carbons (Fsp3) is 0.294. The molecule has 3 heterocycles. The molecule has 6 nitrogen and oxygen atoms in total. The van der Waals surface area contributed by atoms with Gasteiger partial charge in [0, 0.05) is 35.3 Å². The van der Waals surface area contributed by atoms with Gasteiger partial charge in [-0.1, -0.05) is 0 Å². The number of benzene rings is 1. The fourth-order valence-electron chi connectivity index (χ4n) is 2.90. The van der Waals surface area contributed by atoms with Gasteiger partial charge in [-0.15, -0.1) is 11.3 Å². The van der Waals surface area contributed by atoms with Crippen LogP contribution in [0.15, 0.2) is 24.3 Å². The molecule has 0 atom stereocenters. The van der Waals surface area contributed by atoms with E-state index in [0.717, 1.165) is 41.9 Å². The zero-order valence-electron chi connectivity index (χ0n) is 13.5. The number of H-pyrrole nitrogens is 1. The number of methoxy groups -OCH3 is 1. The number of anilines is 1. The number of hydrogen-bond acceptors (Lipinski definition) is 5. The number of likely N-dealkylation sites (N-methyl/N-ethyl adjacent to an activating group) is 1. The molecule has 1 aromatic carbocycles. The second-order valence-electron chi connectivity index (χ2n) is 5.97. The highest BCUT2D eigenvalue weighted by Gasteiger charge is 2.20. The van der Waals surface area contributed by atoms with Crippen LogP contribution in [0.2, 0.25) is 0 Å². The molecule has 1 aliphatic rings. The summed E-state index contributed by atoms with van der Waals surface area (Å²) in [4.78, 5) is 23.7. The normalized spacial score (nSPS) is 14.6. The highest BCUT2D eigenvalue weighted by Crippen LogP contribution is 2.28. The van der Waals surface area contributed by atoms with Crippen LogP contribution in [0.1, 0.15) is 21.1 Å². The first-order valence-corrected chi connectivity index (χ1v) is 8.59. The number of aromatic amines is 1. The molecule has 7 heteroatoms. The van der Waals surface area contributed by atoms with Crippen molar-refractivity contribution in [2.45, 2.75) is 13.0 Å². The Morgan fingerprint density at radius 1 is 1.42 bits per heavy atom. The number of thiazole rings is 1. The molecule has 24 heavy (non-hydrogen) atoms. The van der Waals surface area contributed by atoms with Crippen LogP contribution in [0.25, 0.3) is 10.9 Å². The molecule has 0 spiro atoms. The number of nitrogens with zero attached hydrogens (tertiary/aromatic N) is 2. The number of fused-ring (bicyclic) bond motifs is 2. The van der Waals surface area contributed by atoms with Crippen molar-refractivity contribution in [2.75, 3.05) is 26.0 Å². The second-order valence-corrected chi connectivity index (χ2v) is 7.05. The summed E-state index contributed by atoms with van der Waals surface area (Å²) in [6.45, 7) is 1.91. The van der Waals surface area contributed by atoms with E-state index in [1.807, 2.05) is 24.3 Å². The van der Waals surface area contributed by atoms with E-state index >= 15 is 0 Å². The van der Waals surface area contributed by atoms with Crippen LogP contribution in [-0.4, -0.2) is 41.5 Å². The van der Waals surface area contributed by atoms with Crippen LogP contribution < -0.4 is 10.1 Å². The fourth-order valence-corrected chi connectivity index (χ4v) is 3.98. The third-order valence-corrected chi connectivity index (χ3v) is 5.21. The Labute approximate surface area is 143 Å². The molecular weight excluding hydrogens is 324 g/mol. The van der Waals surface area contributed by atoms with Gasteiger partial charge < -0.3 is 14.6 Å². The Morgan fingerprint density at radius 3 is 3.12 bits per heavy atom. The molecule has 3 aromatic rings. The zero-order valence-corrected chi connectivity index (χ0v) is 14.4. The van der Waals surface area contributed by atoms with Gasteiger partial charge in [-0.3, -0.25) is 10.1 Å². The number of aromatic nitrogens is 2. The number of carbonyl (C=O) groups excluding carboxylic acids is 1. The number of amides is 1. The number of ether oxygens (including phenoxy) is 1. The highest BCUT2D eigenvalue weighted by molar-refractivity contribution is 7.15. The summed E-state index contributed by atoms with van der Waals surface area (Å²) in [6.07, 6.45) is 0.935. The Morgan fingerprint density at radius 2 is 2.29 bits per heavy atom. The number of rotatable bonds is 3. The summed E-state index contributed by atoms with van der Waals surface area (Å²) in [7, 11) is 3.72. The first-order valence-electron chi connectivity index (χ1n) is 7.77. The van der Waals surface area contributed by atoms with Crippen LogP contribution in [0, 0.1) is 0 Å². The number of nitrogens with one attached hydrogen (secondary N) is 2. The lowest BCUT2D eigenvalue weighted by molar-refractivity contribution is 0.102. The highest BCUT2D eigenvalue weighted by atomic mass is 32.1. The Kier molecular flexibility index (Phi) is 3.74. The smallest absolute Gasteiger partial charge is 0.273 e. The second kappa shape index (κ2) is 5.92. The minimum absolute atomic E-state index is 0.176. The average molecular weight is 342 g/mol. The summed E-state index contributed by atoms with van der Waals surface area (Å²) in [5, 5.41) is 4.51. The van der Waals surface area contributed by atoms with E-state index in [0.29, 0.717) is 10.8 Å². The predicted molar refractivity (Wildman–Crippen MR) is 95.0 cm³/mol. The molecule has 4 rings (SSSR count). The zero-order chi connectivity index (χ0) is 16.7. The quantitative estimate of drug-likeness (QED) is 0.768. The summed E-state index contributed by atoms with van der Waals surface area (Å²) >= 11 is 1.56. The maximum Gasteiger partial charge on any atom is 0.273 e. The van der Waals surface area contributed by atoms with Gasteiger partial charge in [0.2, 0.25) is 0 Å². The molecular formula is C17H18N4O2S. The predicted octanol–water partition coefficient (Wildman–Crippen LogP) is 2.87. The third kappa shape index (κ3) is 2.76. The lowest BCUT2D eigenvalue weighted by Crippen LogP contribution is -2.25. The van der Waals surface area contributed by atoms with E-state index in [1.54, 1.807) is 18.4 Å². The summed E-state index contributed by atoms with van der Waals surface area (Å²) < 4.78 is 5.22. The average Bonchev–Trinajstić information content (AvgIpc) is 3.16. The van der Waals surface area contributed by atoms with Crippen molar-refractivity contribution in [2.24, 2.45) is 0 Å². The van der Waals surface area contributed by atoms with Gasteiger partial charge >= 0.3 is 0 Å². The molecule has 0 saturated carbocycles. The summed E-state index contributed by atoms with van der Waals surface area (Å²) in [6, 6.07) is 7.50. The minimum Gasteiger partial charge on any atom is -0.497 e. The van der Waals surface area contributed by atoms with Crippen molar-refractivity contribution < 1.29 is 9.53 Å². The lowest BCUT2D eigenvalue weighted by atomic mass is 10.2. The molecule has 1 aliphatic heterocycles. The molecule has 1 amide bonds. The van der Waals surface area contributed by atoms with Crippen LogP contribution in [0.5, 0.6) is 5.75 Å². The van der Waals surface area contributed by atoms with Crippen molar-refractivity contribution in [1.82, 2.24) is 14.9 Å². The Bertz CT molecular complexity index is 915. The van der Waals surface area contributed by atoms with E-state index in [9.17, 15) is 4.79 Å². The van der Waals surface area contributed by atoms with Crippen LogP contribution in [0.3, 0.4) is 0 Å². The van der Waals surface area contributed by atoms with E-state index < -0.39 is 0 Å². The minimum atomic E-state index is -0.176. The first-order chi connectivity index (χ1) is 11.6. The third-order valence-electron chi connectivity index (χ3n) is 4.22. The largest absolute Gasteiger partial charge is 0.497 e. The molecule has 0 fully saturated rings. The van der Waals surface area contributed by atoms with Gasteiger partial charge in [0.05, 0.1) is 12.8 Å². The van der Waals surface area contributed by atoms with E-state index in [4.69, 9.17) is 4.74 Å². The van der Waals surface area contributed by atoms with Gasteiger partial charge in [0.25, 0.3) is 5.91 Å². The van der Waals surface area contributed by atoms with Gasteiger partial charge in [-0.25, -0.2) is 4.98 Å². The van der Waals surface area contributed by atoms with Gasteiger partial charge in [0.1, 0.15) is 11.4 Å². The van der Waals surface area contributed by atoms with Crippen molar-refractivity contribution in [1.29, 1.82) is 0 Å².